The highest BCUT2D eigenvalue weighted by molar-refractivity contribution is 9.10. The summed E-state index contributed by atoms with van der Waals surface area (Å²) in [6.07, 6.45) is 2.45. The first kappa shape index (κ1) is 17.1. The van der Waals surface area contributed by atoms with Crippen LogP contribution in [0.4, 0.5) is 5.69 Å². The van der Waals surface area contributed by atoms with Crippen LogP contribution in [0.5, 0.6) is 0 Å². The largest absolute Gasteiger partial charge is 0.324 e. The number of carbonyl (C=O) groups excluding carboxylic acids is 1. The van der Waals surface area contributed by atoms with Gasteiger partial charge in [-0.1, -0.05) is 19.8 Å². The van der Waals surface area contributed by atoms with Crippen molar-refractivity contribution in [2.75, 3.05) is 5.32 Å². The molecule has 0 saturated carbocycles. The third-order valence-electron chi connectivity index (χ3n) is 2.73. The number of hydrogen-bond acceptors (Lipinski definition) is 4. The average Bonchev–Trinajstić information content (AvgIpc) is 2.36. The Kier molecular flexibility index (Phi) is 6.12. The van der Waals surface area contributed by atoms with E-state index < -0.39 is 16.1 Å². The molecule has 1 rings (SSSR count). The summed E-state index contributed by atoms with van der Waals surface area (Å²) in [5.41, 5.74) is 6.21. The fourth-order valence-corrected chi connectivity index (χ4v) is 2.72. The first-order chi connectivity index (χ1) is 9.25. The van der Waals surface area contributed by atoms with Crippen molar-refractivity contribution in [2.24, 2.45) is 10.9 Å². The molecule has 0 aliphatic carbocycles. The predicted octanol–water partition coefficient (Wildman–Crippen LogP) is 1.55. The maximum atomic E-state index is 11.9. The zero-order valence-electron chi connectivity index (χ0n) is 11.1. The molecule has 1 atom stereocenters. The van der Waals surface area contributed by atoms with Gasteiger partial charge in [0.15, 0.2) is 0 Å². The number of primary sulfonamides is 1. The number of anilines is 1. The standard InChI is InChI=1S/C12H18BrN3O3S/c1-2-3-4-10(14)12(17)16-11-6-5-8(7-9(11)13)20(15,18)19/h5-7,10H,2-4,14H2,1H3,(H,16,17)(H2,15,18,19). The number of hydrogen-bond donors (Lipinski definition) is 3. The van der Waals surface area contributed by atoms with E-state index in [0.717, 1.165) is 12.8 Å². The molecule has 0 heterocycles. The van der Waals surface area contributed by atoms with Crippen molar-refractivity contribution in [3.8, 4) is 0 Å². The summed E-state index contributed by atoms with van der Waals surface area (Å²) in [4.78, 5) is 11.8. The average molecular weight is 364 g/mol. The molecule has 6 nitrogen and oxygen atoms in total. The SMILES string of the molecule is CCCCC(N)C(=O)Nc1ccc(S(N)(=O)=O)cc1Br. The summed E-state index contributed by atoms with van der Waals surface area (Å²) in [6.45, 7) is 2.02. The number of unbranched alkanes of at least 4 members (excludes halogenated alkanes) is 1. The Balaban J connectivity index is 2.81. The Bertz CT molecular complexity index is 590. The molecule has 5 N–H and O–H groups in total. The minimum absolute atomic E-state index is 0.0299. The van der Waals surface area contributed by atoms with Crippen LogP contribution in [0, 0.1) is 0 Å². The van der Waals surface area contributed by atoms with Crippen molar-refractivity contribution in [1.29, 1.82) is 0 Å². The van der Waals surface area contributed by atoms with Crippen molar-refractivity contribution >= 4 is 37.5 Å². The molecular weight excluding hydrogens is 346 g/mol. The van der Waals surface area contributed by atoms with Gasteiger partial charge in [0.1, 0.15) is 0 Å². The molecule has 8 heteroatoms. The maximum Gasteiger partial charge on any atom is 0.241 e. The highest BCUT2D eigenvalue weighted by Crippen LogP contribution is 2.25. The number of nitrogens with one attached hydrogen (secondary N) is 1. The molecule has 0 radical (unpaired) electrons. The van der Waals surface area contributed by atoms with Crippen molar-refractivity contribution in [1.82, 2.24) is 0 Å². The molecule has 1 amide bonds. The van der Waals surface area contributed by atoms with Crippen LogP contribution >= 0.6 is 15.9 Å². The Morgan fingerprint density at radius 2 is 2.10 bits per heavy atom. The van der Waals surface area contributed by atoms with Gasteiger partial charge in [0.05, 0.1) is 16.6 Å². The summed E-state index contributed by atoms with van der Waals surface area (Å²) < 4.78 is 22.8. The van der Waals surface area contributed by atoms with Gasteiger partial charge in [-0.3, -0.25) is 4.79 Å². The lowest BCUT2D eigenvalue weighted by Crippen LogP contribution is -2.35. The van der Waals surface area contributed by atoms with Crippen LogP contribution in [0.3, 0.4) is 0 Å². The summed E-state index contributed by atoms with van der Waals surface area (Å²) in [5, 5.41) is 7.68. The Morgan fingerprint density at radius 3 is 2.60 bits per heavy atom. The normalized spacial score (nSPS) is 13.0. The molecule has 0 aromatic heterocycles. The molecule has 0 aliphatic rings. The number of amides is 1. The molecule has 112 valence electrons. The first-order valence-electron chi connectivity index (χ1n) is 6.14. The second-order valence-corrected chi connectivity index (χ2v) is 6.84. The lowest BCUT2D eigenvalue weighted by Gasteiger charge is -2.13. The number of halogens is 1. The monoisotopic (exact) mass is 363 g/mol. The Morgan fingerprint density at radius 1 is 1.45 bits per heavy atom. The molecule has 0 fully saturated rings. The van der Waals surface area contributed by atoms with Gasteiger partial charge in [-0.2, -0.15) is 0 Å². The summed E-state index contributed by atoms with van der Waals surface area (Å²) in [6, 6.07) is 3.55. The minimum Gasteiger partial charge on any atom is -0.324 e. The highest BCUT2D eigenvalue weighted by atomic mass is 79.9. The second kappa shape index (κ2) is 7.16. The zero-order chi connectivity index (χ0) is 15.3. The summed E-state index contributed by atoms with van der Waals surface area (Å²) in [5.74, 6) is -0.303. The van der Waals surface area contributed by atoms with Gasteiger partial charge in [-0.25, -0.2) is 13.6 Å². The van der Waals surface area contributed by atoms with Crippen LogP contribution in [0.15, 0.2) is 27.6 Å². The van der Waals surface area contributed by atoms with Gasteiger partial charge in [0.25, 0.3) is 0 Å². The zero-order valence-corrected chi connectivity index (χ0v) is 13.5. The van der Waals surface area contributed by atoms with Gasteiger partial charge in [-0.15, -0.1) is 0 Å². The number of sulfonamides is 1. The van der Waals surface area contributed by atoms with Crippen molar-refractivity contribution in [2.45, 2.75) is 37.1 Å². The van der Waals surface area contributed by atoms with E-state index in [1.807, 2.05) is 6.92 Å². The van der Waals surface area contributed by atoms with Crippen LogP contribution in [-0.4, -0.2) is 20.4 Å². The van der Waals surface area contributed by atoms with Crippen LogP contribution in [0.2, 0.25) is 0 Å². The smallest absolute Gasteiger partial charge is 0.241 e. The fourth-order valence-electron chi connectivity index (χ4n) is 1.55. The van der Waals surface area contributed by atoms with Crippen molar-refractivity contribution in [3.05, 3.63) is 22.7 Å². The van der Waals surface area contributed by atoms with E-state index in [1.54, 1.807) is 0 Å². The van der Waals surface area contributed by atoms with Crippen molar-refractivity contribution < 1.29 is 13.2 Å². The number of nitrogens with two attached hydrogens (primary N) is 2. The van der Waals surface area contributed by atoms with Crippen molar-refractivity contribution in [3.63, 3.8) is 0 Å². The summed E-state index contributed by atoms with van der Waals surface area (Å²) >= 11 is 3.19. The quantitative estimate of drug-likeness (QED) is 0.710. The molecule has 1 aromatic carbocycles. The lowest BCUT2D eigenvalue weighted by atomic mass is 10.1. The molecular formula is C12H18BrN3O3S. The van der Waals surface area contributed by atoms with Crippen LogP contribution < -0.4 is 16.2 Å². The van der Waals surface area contributed by atoms with E-state index in [2.05, 4.69) is 21.2 Å². The van der Waals surface area contributed by atoms with E-state index in [4.69, 9.17) is 10.9 Å². The van der Waals surface area contributed by atoms with Gasteiger partial charge < -0.3 is 11.1 Å². The van der Waals surface area contributed by atoms with E-state index in [0.29, 0.717) is 16.6 Å². The summed E-state index contributed by atoms with van der Waals surface area (Å²) in [7, 11) is -3.77. The Labute approximate surface area is 127 Å². The van der Waals surface area contributed by atoms with E-state index in [-0.39, 0.29) is 10.8 Å². The molecule has 0 spiro atoms. The van der Waals surface area contributed by atoms with Gasteiger partial charge >= 0.3 is 0 Å². The van der Waals surface area contributed by atoms with Crippen LogP contribution in [-0.2, 0) is 14.8 Å². The first-order valence-corrected chi connectivity index (χ1v) is 8.48. The predicted molar refractivity (Wildman–Crippen MR) is 81.6 cm³/mol. The fraction of sp³-hybridized carbons (Fsp3) is 0.417. The molecule has 1 unspecified atom stereocenters. The van der Waals surface area contributed by atoms with E-state index in [1.165, 1.54) is 18.2 Å². The lowest BCUT2D eigenvalue weighted by molar-refractivity contribution is -0.117. The van der Waals surface area contributed by atoms with Crippen LogP contribution in [0.1, 0.15) is 26.2 Å². The number of rotatable bonds is 6. The number of benzene rings is 1. The molecule has 20 heavy (non-hydrogen) atoms. The second-order valence-electron chi connectivity index (χ2n) is 4.42. The minimum atomic E-state index is -3.77. The third-order valence-corrected chi connectivity index (χ3v) is 4.30. The number of carbonyl (C=O) groups is 1. The molecule has 0 aliphatic heterocycles. The molecule has 0 bridgehead atoms. The van der Waals surface area contributed by atoms with Crippen LogP contribution in [0.25, 0.3) is 0 Å². The third kappa shape index (κ3) is 4.86. The van der Waals surface area contributed by atoms with Gasteiger partial charge in [0, 0.05) is 4.47 Å². The topological polar surface area (TPSA) is 115 Å². The maximum absolute atomic E-state index is 11.9. The molecule has 1 aromatic rings. The highest BCUT2D eigenvalue weighted by Gasteiger charge is 2.15. The van der Waals surface area contributed by atoms with E-state index >= 15 is 0 Å². The molecule has 0 saturated heterocycles. The Hall–Kier alpha value is -0.960. The van der Waals surface area contributed by atoms with Gasteiger partial charge in [-0.05, 0) is 40.5 Å². The van der Waals surface area contributed by atoms with E-state index in [9.17, 15) is 13.2 Å². The van der Waals surface area contributed by atoms with Gasteiger partial charge in [0.2, 0.25) is 15.9 Å².